The second-order valence-electron chi connectivity index (χ2n) is 7.39. The molecular weight excluding hydrogens is 376 g/mol. The van der Waals surface area contributed by atoms with E-state index < -0.39 is 0 Å². The maximum atomic E-state index is 4.76. The minimum absolute atomic E-state index is 0.532. The van der Waals surface area contributed by atoms with Gasteiger partial charge in [0.1, 0.15) is 23.1 Å². The Hall–Kier alpha value is -3.68. The van der Waals surface area contributed by atoms with Crippen LogP contribution in [-0.4, -0.2) is 37.4 Å². The Labute approximate surface area is 175 Å². The topological polar surface area (TPSA) is 83.3 Å². The van der Waals surface area contributed by atoms with E-state index in [0.717, 1.165) is 48.3 Å². The lowest BCUT2D eigenvalue weighted by molar-refractivity contribution is 0.930. The molecule has 0 unspecified atom stereocenters. The van der Waals surface area contributed by atoms with Gasteiger partial charge in [0.05, 0.1) is 0 Å². The molecule has 1 aliphatic heterocycles. The Morgan fingerprint density at radius 1 is 0.900 bits per heavy atom. The summed E-state index contributed by atoms with van der Waals surface area (Å²) < 4.78 is 1.97. The van der Waals surface area contributed by atoms with E-state index in [1.54, 1.807) is 6.20 Å². The van der Waals surface area contributed by atoms with Crippen molar-refractivity contribution in [3.63, 3.8) is 0 Å². The molecule has 0 amide bonds. The van der Waals surface area contributed by atoms with Crippen LogP contribution in [0.5, 0.6) is 0 Å². The van der Waals surface area contributed by atoms with Crippen LogP contribution in [0.3, 0.4) is 0 Å². The average Bonchev–Trinajstić information content (AvgIpc) is 3.45. The van der Waals surface area contributed by atoms with Crippen molar-refractivity contribution >= 4 is 34.7 Å². The van der Waals surface area contributed by atoms with Gasteiger partial charge in [-0.3, -0.25) is 0 Å². The van der Waals surface area contributed by atoms with E-state index in [0.29, 0.717) is 5.95 Å². The number of nitrogens with one attached hydrogen (secondary N) is 2. The molecule has 0 radical (unpaired) electrons. The summed E-state index contributed by atoms with van der Waals surface area (Å²) in [6.45, 7) is 4.15. The summed E-state index contributed by atoms with van der Waals surface area (Å²) in [5.74, 6) is 2.93. The fourth-order valence-electron chi connectivity index (χ4n) is 3.68. The maximum Gasteiger partial charge on any atom is 0.232 e. The monoisotopic (exact) mass is 400 g/mol. The number of aromatic nitrogens is 5. The molecule has 8 nitrogen and oxygen atoms in total. The lowest BCUT2D eigenvalue weighted by Gasteiger charge is -2.19. The van der Waals surface area contributed by atoms with Gasteiger partial charge >= 0.3 is 0 Å². The summed E-state index contributed by atoms with van der Waals surface area (Å²) >= 11 is 0. The van der Waals surface area contributed by atoms with Gasteiger partial charge < -0.3 is 19.9 Å². The molecule has 0 aromatic carbocycles. The van der Waals surface area contributed by atoms with Crippen LogP contribution in [0, 0.1) is 0 Å². The molecule has 0 bridgehead atoms. The van der Waals surface area contributed by atoms with Gasteiger partial charge in [0.25, 0.3) is 0 Å². The van der Waals surface area contributed by atoms with E-state index in [4.69, 9.17) is 9.97 Å². The van der Waals surface area contributed by atoms with E-state index in [1.807, 2.05) is 53.3 Å². The molecule has 2 N–H and O–H groups in total. The highest BCUT2D eigenvalue weighted by Crippen LogP contribution is 2.26. The molecule has 1 saturated heterocycles. The fraction of sp³-hybridized carbons (Fsp3) is 0.273. The largest absolute Gasteiger partial charge is 0.356 e. The number of fused-ring (bicyclic) bond motifs is 1. The molecule has 5 heterocycles. The second-order valence-corrected chi connectivity index (χ2v) is 7.39. The Morgan fingerprint density at radius 2 is 1.80 bits per heavy atom. The zero-order valence-corrected chi connectivity index (χ0v) is 16.9. The van der Waals surface area contributed by atoms with Gasteiger partial charge in [-0.2, -0.15) is 9.97 Å². The lowest BCUT2D eigenvalue weighted by atomic mass is 10.2. The number of nitrogens with zero attached hydrogens (tertiary/aromatic N) is 6. The van der Waals surface area contributed by atoms with E-state index in [2.05, 4.69) is 32.4 Å². The highest BCUT2D eigenvalue weighted by Gasteiger charge is 2.16. The molecule has 1 aliphatic rings. The average molecular weight is 400 g/mol. The minimum atomic E-state index is 0.532. The summed E-state index contributed by atoms with van der Waals surface area (Å²) in [6, 6.07) is 10.1. The Balaban J connectivity index is 1.47. The van der Waals surface area contributed by atoms with Gasteiger partial charge in [-0.05, 0) is 43.0 Å². The summed E-state index contributed by atoms with van der Waals surface area (Å²) in [4.78, 5) is 20.5. The predicted molar refractivity (Wildman–Crippen MR) is 119 cm³/mol. The Kier molecular flexibility index (Phi) is 4.88. The van der Waals surface area contributed by atoms with Gasteiger partial charge in [-0.15, -0.1) is 0 Å². The van der Waals surface area contributed by atoms with Crippen LogP contribution in [0.2, 0.25) is 0 Å². The molecule has 30 heavy (non-hydrogen) atoms. The summed E-state index contributed by atoms with van der Waals surface area (Å²) in [5, 5.41) is 6.68. The van der Waals surface area contributed by atoms with Crippen molar-refractivity contribution in [2.45, 2.75) is 26.2 Å². The second kappa shape index (κ2) is 7.98. The molecule has 5 rings (SSSR count). The van der Waals surface area contributed by atoms with E-state index in [9.17, 15) is 0 Å². The van der Waals surface area contributed by atoms with E-state index >= 15 is 0 Å². The first-order chi connectivity index (χ1) is 14.8. The van der Waals surface area contributed by atoms with Crippen LogP contribution in [0.4, 0.5) is 29.1 Å². The molecule has 4 aromatic rings. The Morgan fingerprint density at radius 3 is 2.67 bits per heavy atom. The zero-order chi connectivity index (χ0) is 20.3. The smallest absolute Gasteiger partial charge is 0.232 e. The van der Waals surface area contributed by atoms with Crippen molar-refractivity contribution < 1.29 is 0 Å². The van der Waals surface area contributed by atoms with Gasteiger partial charge in [0.2, 0.25) is 5.95 Å². The third-order valence-electron chi connectivity index (χ3n) is 5.29. The van der Waals surface area contributed by atoms with Crippen molar-refractivity contribution in [3.05, 3.63) is 60.7 Å². The minimum Gasteiger partial charge on any atom is -0.356 e. The van der Waals surface area contributed by atoms with Crippen LogP contribution in [-0.2, 0) is 6.42 Å². The molecule has 0 spiro atoms. The third-order valence-corrected chi connectivity index (χ3v) is 5.29. The van der Waals surface area contributed by atoms with E-state index in [-0.39, 0.29) is 0 Å². The molecular formula is C22H24N8. The number of imidazole rings is 1. The molecule has 152 valence electrons. The highest BCUT2D eigenvalue weighted by molar-refractivity contribution is 5.65. The number of aryl methyl sites for hydroxylation is 1. The third kappa shape index (κ3) is 3.89. The van der Waals surface area contributed by atoms with Crippen molar-refractivity contribution in [2.24, 2.45) is 0 Å². The first-order valence-corrected chi connectivity index (χ1v) is 10.3. The van der Waals surface area contributed by atoms with Crippen LogP contribution in [0.25, 0.3) is 5.65 Å². The molecule has 0 atom stereocenters. The van der Waals surface area contributed by atoms with Gasteiger partial charge in [0.15, 0.2) is 0 Å². The number of anilines is 5. The molecule has 4 aromatic heterocycles. The number of hydrogen-bond donors (Lipinski definition) is 2. The SMILES string of the molecule is CCc1ccnc(Nc2nc(Nc3ccn4ccnc4c3)cc(N3CCCC3)n2)c1. The summed E-state index contributed by atoms with van der Waals surface area (Å²) in [7, 11) is 0. The molecule has 8 heteroatoms. The number of pyridine rings is 2. The molecule has 1 fully saturated rings. The normalized spacial score (nSPS) is 13.7. The van der Waals surface area contributed by atoms with Crippen LogP contribution >= 0.6 is 0 Å². The van der Waals surface area contributed by atoms with Crippen molar-refractivity contribution in [1.29, 1.82) is 0 Å². The van der Waals surface area contributed by atoms with E-state index in [1.165, 1.54) is 18.4 Å². The highest BCUT2D eigenvalue weighted by atomic mass is 15.3. The summed E-state index contributed by atoms with van der Waals surface area (Å²) in [6.07, 6.45) is 10.8. The number of rotatable bonds is 6. The fourth-order valence-corrected chi connectivity index (χ4v) is 3.68. The van der Waals surface area contributed by atoms with Gasteiger partial charge in [-0.1, -0.05) is 6.92 Å². The predicted octanol–water partition coefficient (Wildman–Crippen LogP) is 4.17. The number of hydrogen-bond acceptors (Lipinski definition) is 7. The van der Waals surface area contributed by atoms with Crippen LogP contribution in [0.15, 0.2) is 55.1 Å². The Bertz CT molecular complexity index is 1160. The molecule has 0 aliphatic carbocycles. The van der Waals surface area contributed by atoms with Crippen LogP contribution in [0.1, 0.15) is 25.3 Å². The molecule has 0 saturated carbocycles. The zero-order valence-electron chi connectivity index (χ0n) is 16.9. The van der Waals surface area contributed by atoms with Crippen molar-refractivity contribution in [2.75, 3.05) is 28.6 Å². The maximum absolute atomic E-state index is 4.76. The standard InChI is InChI=1S/C22H24N8/c1-2-16-5-7-23-18(13-16)26-22-27-19(15-21(28-22)29-9-3-4-10-29)25-17-6-11-30-12-8-24-20(30)14-17/h5-8,11-15H,2-4,9-10H2,1H3,(H2,23,25,26,27,28). The first-order valence-electron chi connectivity index (χ1n) is 10.3. The first kappa shape index (κ1) is 18.4. The van der Waals surface area contributed by atoms with Gasteiger partial charge in [0, 0.05) is 55.7 Å². The lowest BCUT2D eigenvalue weighted by Crippen LogP contribution is -2.20. The van der Waals surface area contributed by atoms with Crippen LogP contribution < -0.4 is 15.5 Å². The summed E-state index contributed by atoms with van der Waals surface area (Å²) in [5.41, 5.74) is 3.03. The van der Waals surface area contributed by atoms with Gasteiger partial charge in [-0.25, -0.2) is 9.97 Å². The quantitative estimate of drug-likeness (QED) is 0.502. The van der Waals surface area contributed by atoms with Crippen molar-refractivity contribution in [1.82, 2.24) is 24.3 Å². The van der Waals surface area contributed by atoms with Crippen molar-refractivity contribution in [3.8, 4) is 0 Å².